The Balaban J connectivity index is 1.84. The highest BCUT2D eigenvalue weighted by Crippen LogP contribution is 2.39. The second kappa shape index (κ2) is 10.1. The summed E-state index contributed by atoms with van der Waals surface area (Å²) in [6, 6.07) is 20.1. The van der Waals surface area contributed by atoms with Gasteiger partial charge in [-0.05, 0) is 60.4 Å². The maximum absolute atomic E-state index is 14.5. The van der Waals surface area contributed by atoms with Crippen molar-refractivity contribution in [3.63, 3.8) is 0 Å². The number of carbonyl (C=O) groups excluding carboxylic acids is 1. The third-order valence-electron chi connectivity index (χ3n) is 6.50. The second-order valence-corrected chi connectivity index (χ2v) is 11.4. The van der Waals surface area contributed by atoms with E-state index in [1.165, 1.54) is 19.2 Å². The van der Waals surface area contributed by atoms with E-state index in [4.69, 9.17) is 9.15 Å². The van der Waals surface area contributed by atoms with Gasteiger partial charge in [-0.1, -0.05) is 61.6 Å². The second-order valence-electron chi connectivity index (χ2n) is 8.67. The van der Waals surface area contributed by atoms with Gasteiger partial charge in [-0.15, -0.1) is 0 Å². The minimum atomic E-state index is -4.40. The van der Waals surface area contributed by atoms with Gasteiger partial charge in [0.25, 0.3) is 15.9 Å². The number of amides is 1. The van der Waals surface area contributed by atoms with Crippen LogP contribution in [-0.4, -0.2) is 21.4 Å². The molecule has 4 aromatic carbocycles. The first-order chi connectivity index (χ1) is 18.3. The zero-order valence-electron chi connectivity index (χ0n) is 21.1. The van der Waals surface area contributed by atoms with Crippen molar-refractivity contribution < 1.29 is 22.4 Å². The van der Waals surface area contributed by atoms with Gasteiger partial charge in [-0.2, -0.15) is 4.31 Å². The van der Waals surface area contributed by atoms with Crippen LogP contribution in [0.15, 0.2) is 86.9 Å². The lowest BCUT2D eigenvalue weighted by Gasteiger charge is -2.26. The molecule has 0 spiro atoms. The number of hydrogen-bond donors (Lipinski definition) is 0. The molecular formula is C29H25NO6S2. The lowest BCUT2D eigenvalue weighted by Crippen LogP contribution is -2.37. The van der Waals surface area contributed by atoms with Crippen molar-refractivity contribution in [3.05, 3.63) is 99.2 Å². The number of rotatable bonds is 7. The molecule has 0 N–H and O–H groups in total. The SMILES string of the molecule is CCc1ccc(CC)c(S(=O)(=O)N(C(=O)c2ccc(OC)cc2)c2cc3sc(=O)oc3c3ccccc23)c1. The maximum Gasteiger partial charge on any atom is 0.396 e. The predicted molar refractivity (Wildman–Crippen MR) is 150 cm³/mol. The fraction of sp³-hybridized carbons (Fsp3) is 0.172. The highest BCUT2D eigenvalue weighted by molar-refractivity contribution is 7.93. The Labute approximate surface area is 224 Å². The molecule has 0 unspecified atom stereocenters. The van der Waals surface area contributed by atoms with Crippen LogP contribution in [-0.2, 0) is 22.9 Å². The molecule has 0 bridgehead atoms. The van der Waals surface area contributed by atoms with Crippen LogP contribution in [0, 0.1) is 0 Å². The van der Waals surface area contributed by atoms with Crippen molar-refractivity contribution in [1.82, 2.24) is 0 Å². The van der Waals surface area contributed by atoms with E-state index in [0.29, 0.717) is 45.2 Å². The molecule has 38 heavy (non-hydrogen) atoms. The molecule has 0 aliphatic carbocycles. The highest BCUT2D eigenvalue weighted by Gasteiger charge is 2.35. The highest BCUT2D eigenvalue weighted by atomic mass is 32.2. The average molecular weight is 548 g/mol. The number of nitrogens with zero attached hydrogens (tertiary/aromatic N) is 1. The summed E-state index contributed by atoms with van der Waals surface area (Å²) in [6.45, 7) is 3.82. The zero-order chi connectivity index (χ0) is 27.0. The number of hydrogen-bond acceptors (Lipinski definition) is 7. The molecule has 0 radical (unpaired) electrons. The molecule has 5 aromatic rings. The van der Waals surface area contributed by atoms with Gasteiger partial charge in [0.2, 0.25) is 0 Å². The van der Waals surface area contributed by atoms with Crippen molar-refractivity contribution in [2.24, 2.45) is 0 Å². The summed E-state index contributed by atoms with van der Waals surface area (Å²) < 4.78 is 40.9. The quantitative estimate of drug-likeness (QED) is 0.242. The monoisotopic (exact) mass is 547 g/mol. The Morgan fingerprint density at radius 3 is 2.32 bits per heavy atom. The van der Waals surface area contributed by atoms with Crippen LogP contribution in [0.3, 0.4) is 0 Å². The molecule has 0 saturated carbocycles. The molecule has 7 nitrogen and oxygen atoms in total. The van der Waals surface area contributed by atoms with Gasteiger partial charge in [0.1, 0.15) is 5.75 Å². The topological polar surface area (TPSA) is 93.9 Å². The normalized spacial score (nSPS) is 11.7. The van der Waals surface area contributed by atoms with Crippen LogP contribution in [0.25, 0.3) is 21.1 Å². The van der Waals surface area contributed by atoms with E-state index >= 15 is 0 Å². The van der Waals surface area contributed by atoms with Crippen molar-refractivity contribution in [1.29, 1.82) is 0 Å². The molecule has 0 aliphatic heterocycles. The summed E-state index contributed by atoms with van der Waals surface area (Å²) >= 11 is 0.860. The lowest BCUT2D eigenvalue weighted by atomic mass is 10.1. The number of aryl methyl sites for hydroxylation is 2. The summed E-state index contributed by atoms with van der Waals surface area (Å²) in [5.74, 6) is -0.188. The Bertz CT molecular complexity index is 1840. The summed E-state index contributed by atoms with van der Waals surface area (Å²) in [5, 5.41) is 1.01. The molecule has 194 valence electrons. The summed E-state index contributed by atoms with van der Waals surface area (Å²) in [6.07, 6.45) is 1.10. The van der Waals surface area contributed by atoms with Crippen molar-refractivity contribution in [2.75, 3.05) is 11.4 Å². The Morgan fingerprint density at radius 1 is 0.947 bits per heavy atom. The third kappa shape index (κ3) is 4.37. The molecule has 9 heteroatoms. The van der Waals surface area contributed by atoms with E-state index in [1.54, 1.807) is 54.6 Å². The minimum absolute atomic E-state index is 0.0748. The molecule has 0 fully saturated rings. The van der Waals surface area contributed by atoms with E-state index in [-0.39, 0.29) is 16.1 Å². The summed E-state index contributed by atoms with van der Waals surface area (Å²) in [4.78, 5) is 25.8. The molecule has 0 saturated heterocycles. The number of anilines is 1. The lowest BCUT2D eigenvalue weighted by molar-refractivity contribution is 0.101. The van der Waals surface area contributed by atoms with Crippen LogP contribution in [0.2, 0.25) is 0 Å². The van der Waals surface area contributed by atoms with Crippen LogP contribution in [0.5, 0.6) is 5.75 Å². The van der Waals surface area contributed by atoms with E-state index in [1.807, 2.05) is 19.9 Å². The molecular weight excluding hydrogens is 522 g/mol. The van der Waals surface area contributed by atoms with Crippen molar-refractivity contribution in [2.45, 2.75) is 31.6 Å². The Kier molecular flexibility index (Phi) is 6.81. The predicted octanol–water partition coefficient (Wildman–Crippen LogP) is 6.18. The van der Waals surface area contributed by atoms with Gasteiger partial charge in [-0.3, -0.25) is 4.79 Å². The van der Waals surface area contributed by atoms with Crippen LogP contribution in [0.1, 0.15) is 35.3 Å². The third-order valence-corrected chi connectivity index (χ3v) is 9.05. The molecule has 1 aromatic heterocycles. The largest absolute Gasteiger partial charge is 0.497 e. The number of carbonyl (C=O) groups is 1. The average Bonchev–Trinajstić information content (AvgIpc) is 3.33. The molecule has 1 amide bonds. The van der Waals surface area contributed by atoms with Crippen molar-refractivity contribution in [3.8, 4) is 5.75 Å². The number of ether oxygens (including phenoxy) is 1. The van der Waals surface area contributed by atoms with Crippen LogP contribution >= 0.6 is 11.3 Å². The van der Waals surface area contributed by atoms with Gasteiger partial charge in [0.15, 0.2) is 5.58 Å². The first-order valence-corrected chi connectivity index (χ1v) is 14.3. The van der Waals surface area contributed by atoms with E-state index < -0.39 is 20.9 Å². The molecule has 5 rings (SSSR count). The first-order valence-electron chi connectivity index (χ1n) is 12.1. The fourth-order valence-corrected chi connectivity index (χ4v) is 6.99. The smallest absolute Gasteiger partial charge is 0.396 e. The van der Waals surface area contributed by atoms with E-state index in [2.05, 4.69) is 0 Å². The van der Waals surface area contributed by atoms with Gasteiger partial charge < -0.3 is 9.15 Å². The zero-order valence-corrected chi connectivity index (χ0v) is 22.7. The number of fused-ring (bicyclic) bond motifs is 3. The minimum Gasteiger partial charge on any atom is -0.497 e. The number of methoxy groups -OCH3 is 1. The standard InChI is InChI=1S/C29H25NO6S2/c1-4-18-10-11-19(5-2)26(16-18)38(33,34)30(28(31)20-12-14-21(35-3)15-13-20)24-17-25-27(36-29(32)37-25)23-9-7-6-8-22(23)24/h6-17H,4-5H2,1-3H3. The molecule has 0 atom stereocenters. The van der Waals surface area contributed by atoms with Crippen molar-refractivity contribution >= 4 is 54.0 Å². The van der Waals surface area contributed by atoms with Gasteiger partial charge in [0.05, 0.1) is 22.4 Å². The van der Waals surface area contributed by atoms with E-state index in [9.17, 15) is 18.0 Å². The van der Waals surface area contributed by atoms with Gasteiger partial charge in [0, 0.05) is 16.3 Å². The molecule has 0 aliphatic rings. The van der Waals surface area contributed by atoms with Crippen LogP contribution in [0.4, 0.5) is 5.69 Å². The molecule has 1 heterocycles. The Hall–Kier alpha value is -3.95. The van der Waals surface area contributed by atoms with Gasteiger partial charge in [-0.25, -0.2) is 13.2 Å². The maximum atomic E-state index is 14.5. The number of benzene rings is 4. The fourth-order valence-electron chi connectivity index (χ4n) is 4.50. The first kappa shape index (κ1) is 25.7. The Morgan fingerprint density at radius 2 is 1.66 bits per heavy atom. The summed E-state index contributed by atoms with van der Waals surface area (Å²) in [7, 11) is -2.89. The van der Waals surface area contributed by atoms with E-state index in [0.717, 1.165) is 21.2 Å². The van der Waals surface area contributed by atoms with Crippen LogP contribution < -0.4 is 14.0 Å². The van der Waals surface area contributed by atoms with Gasteiger partial charge >= 0.3 is 4.94 Å². The summed E-state index contributed by atoms with van der Waals surface area (Å²) in [5.41, 5.74) is 2.12. The number of sulfonamides is 1.